The van der Waals surface area contributed by atoms with Crippen LogP contribution in [-0.2, 0) is 4.79 Å². The number of nitrogens with zero attached hydrogens (tertiary/aromatic N) is 5. The van der Waals surface area contributed by atoms with Crippen molar-refractivity contribution >= 4 is 34.7 Å². The first-order chi connectivity index (χ1) is 13.5. The second-order valence-corrected chi connectivity index (χ2v) is 8.54. The molecular weight excluding hydrogens is 382 g/mol. The number of amides is 1. The number of nitrogens with two attached hydrogens (primary N) is 1. The summed E-state index contributed by atoms with van der Waals surface area (Å²) in [6, 6.07) is -0.265. The van der Waals surface area contributed by atoms with Gasteiger partial charge < -0.3 is 21.3 Å². The van der Waals surface area contributed by atoms with Crippen LogP contribution in [-0.4, -0.2) is 65.1 Å². The Morgan fingerprint density at radius 1 is 1.32 bits per heavy atom. The van der Waals surface area contributed by atoms with E-state index < -0.39 is 30.1 Å². The van der Waals surface area contributed by atoms with Crippen LogP contribution < -0.4 is 11.1 Å². The third-order valence-corrected chi connectivity index (χ3v) is 6.57. The van der Waals surface area contributed by atoms with Crippen LogP contribution in [0.3, 0.4) is 0 Å². The van der Waals surface area contributed by atoms with Gasteiger partial charge in [0, 0.05) is 11.8 Å². The molecule has 1 amide bonds. The molecule has 2 saturated carbocycles. The van der Waals surface area contributed by atoms with Crippen molar-refractivity contribution in [2.75, 3.05) is 11.1 Å². The molecule has 2 aromatic rings. The number of primary amides is 1. The smallest absolute Gasteiger partial charge is 0.223 e. The van der Waals surface area contributed by atoms with E-state index in [0.717, 1.165) is 25.0 Å². The summed E-state index contributed by atoms with van der Waals surface area (Å²) in [6.07, 6.45) is 2.13. The van der Waals surface area contributed by atoms with Crippen molar-refractivity contribution in [3.63, 3.8) is 0 Å². The van der Waals surface area contributed by atoms with Gasteiger partial charge >= 0.3 is 0 Å². The van der Waals surface area contributed by atoms with Gasteiger partial charge in [0.1, 0.15) is 6.10 Å². The minimum absolute atomic E-state index is 0.183. The van der Waals surface area contributed by atoms with E-state index in [4.69, 9.17) is 5.73 Å². The molecule has 0 saturated heterocycles. The number of hydrogen-bond donors (Lipinski definition) is 4. The summed E-state index contributed by atoms with van der Waals surface area (Å²) in [5, 5.41) is 33.1. The Morgan fingerprint density at radius 3 is 2.71 bits per heavy atom. The van der Waals surface area contributed by atoms with E-state index in [1.165, 1.54) is 11.1 Å². The summed E-state index contributed by atoms with van der Waals surface area (Å²) in [6.45, 7) is 2.09. The second-order valence-electron chi connectivity index (χ2n) is 7.47. The first-order valence-corrected chi connectivity index (χ1v) is 10.7. The zero-order valence-corrected chi connectivity index (χ0v) is 16.5. The number of thioether (sulfide) groups is 1. The zero-order valence-electron chi connectivity index (χ0n) is 15.7. The summed E-state index contributed by atoms with van der Waals surface area (Å²) >= 11 is 1.55. The molecule has 0 spiro atoms. The number of hydrogen-bond acceptors (Lipinski definition) is 9. The fraction of sp³-hybridized carbons (Fsp3) is 0.706. The Hall–Kier alpha value is -1.98. The largest absolute Gasteiger partial charge is 0.390 e. The Morgan fingerprint density at radius 2 is 2.11 bits per heavy atom. The molecule has 3 unspecified atom stereocenters. The molecule has 2 aliphatic rings. The van der Waals surface area contributed by atoms with E-state index in [-0.39, 0.29) is 6.42 Å². The fourth-order valence-electron chi connectivity index (χ4n) is 3.67. The summed E-state index contributed by atoms with van der Waals surface area (Å²) in [7, 11) is 0. The van der Waals surface area contributed by atoms with Gasteiger partial charge in [-0.3, -0.25) is 4.79 Å². The minimum Gasteiger partial charge on any atom is -0.390 e. The third kappa shape index (κ3) is 3.42. The van der Waals surface area contributed by atoms with Gasteiger partial charge in [-0.15, -0.1) is 5.10 Å². The third-order valence-electron chi connectivity index (χ3n) is 5.52. The Balaban J connectivity index is 1.72. The molecule has 0 bridgehead atoms. The molecule has 2 aromatic heterocycles. The van der Waals surface area contributed by atoms with Crippen LogP contribution in [0.4, 0.5) is 5.82 Å². The maximum absolute atomic E-state index is 11.6. The number of aliphatic hydroxyl groups is 2. The van der Waals surface area contributed by atoms with Gasteiger partial charge in [-0.25, -0.2) is 14.6 Å². The average Bonchev–Trinajstić information content (AvgIpc) is 3.18. The normalized spacial score (nSPS) is 27.8. The molecule has 0 aliphatic heterocycles. The molecular formula is C17H25N7O3S. The van der Waals surface area contributed by atoms with Gasteiger partial charge in [-0.2, -0.15) is 0 Å². The molecule has 28 heavy (non-hydrogen) atoms. The van der Waals surface area contributed by atoms with Gasteiger partial charge in [-0.05, 0) is 32.1 Å². The second kappa shape index (κ2) is 7.80. The highest BCUT2D eigenvalue weighted by molar-refractivity contribution is 7.99. The van der Waals surface area contributed by atoms with Crippen LogP contribution in [0.1, 0.15) is 45.1 Å². The average molecular weight is 408 g/mol. The summed E-state index contributed by atoms with van der Waals surface area (Å²) < 4.78 is 1.50. The van der Waals surface area contributed by atoms with Crippen LogP contribution >= 0.6 is 11.8 Å². The lowest BCUT2D eigenvalue weighted by Crippen LogP contribution is -2.35. The number of aliphatic hydroxyl groups excluding tert-OH is 2. The van der Waals surface area contributed by atoms with Crippen molar-refractivity contribution in [3.05, 3.63) is 0 Å². The number of carbonyl (C=O) groups is 1. The first kappa shape index (κ1) is 19.3. The van der Waals surface area contributed by atoms with Crippen molar-refractivity contribution in [1.82, 2.24) is 25.0 Å². The molecule has 5 N–H and O–H groups in total. The number of fused-ring (bicyclic) bond motifs is 1. The number of aromatic nitrogens is 5. The van der Waals surface area contributed by atoms with Crippen molar-refractivity contribution in [2.45, 2.75) is 68.5 Å². The summed E-state index contributed by atoms with van der Waals surface area (Å²) in [4.78, 5) is 20.8. The molecule has 2 heterocycles. The van der Waals surface area contributed by atoms with E-state index in [1.54, 1.807) is 11.8 Å². The molecule has 152 valence electrons. The highest BCUT2D eigenvalue weighted by atomic mass is 32.2. The molecule has 10 nitrogen and oxygen atoms in total. The van der Waals surface area contributed by atoms with Crippen LogP contribution in [0.2, 0.25) is 0 Å². The first-order valence-electron chi connectivity index (χ1n) is 9.67. The lowest BCUT2D eigenvalue weighted by atomic mass is 9.93. The van der Waals surface area contributed by atoms with Crippen LogP contribution in [0.5, 0.6) is 0 Å². The van der Waals surface area contributed by atoms with Crippen molar-refractivity contribution in [2.24, 2.45) is 11.7 Å². The minimum atomic E-state index is -1.23. The van der Waals surface area contributed by atoms with E-state index in [9.17, 15) is 15.0 Å². The molecule has 4 atom stereocenters. The number of carbonyl (C=O) groups excluding carboxylic acids is 1. The number of anilines is 1. The highest BCUT2D eigenvalue weighted by Gasteiger charge is 2.46. The summed E-state index contributed by atoms with van der Waals surface area (Å²) in [5.41, 5.74) is 6.37. The maximum Gasteiger partial charge on any atom is 0.223 e. The monoisotopic (exact) mass is 407 g/mol. The highest BCUT2D eigenvalue weighted by Crippen LogP contribution is 2.37. The maximum atomic E-state index is 11.6. The Kier molecular flexibility index (Phi) is 5.39. The van der Waals surface area contributed by atoms with Crippen molar-refractivity contribution in [1.29, 1.82) is 0 Å². The molecule has 2 aliphatic carbocycles. The van der Waals surface area contributed by atoms with Gasteiger partial charge in [0.25, 0.3) is 0 Å². The standard InChI is InChI=1S/C17H25N7O3S/c1-2-6-28-17-20-15(19-8-4-3-5-8)11-16(21-17)24(23-22-11)10-7-9(14(18)27)12(25)13(10)26/h8-10,12-13,25-26H,2-7H2,1H3,(H2,18,27)(H,19,20,21)/t9-,10?,12?,13?/m0/s1. The summed E-state index contributed by atoms with van der Waals surface area (Å²) in [5.74, 6) is 0.0473. The number of rotatable bonds is 7. The molecule has 2 fully saturated rings. The van der Waals surface area contributed by atoms with E-state index in [0.29, 0.717) is 28.2 Å². The van der Waals surface area contributed by atoms with Gasteiger partial charge in [0.2, 0.25) is 5.91 Å². The topological polar surface area (TPSA) is 152 Å². The van der Waals surface area contributed by atoms with Crippen molar-refractivity contribution < 1.29 is 15.0 Å². The molecule has 11 heteroatoms. The molecule has 4 rings (SSSR count). The lowest BCUT2D eigenvalue weighted by Gasteiger charge is -2.27. The quantitative estimate of drug-likeness (QED) is 0.379. The van der Waals surface area contributed by atoms with E-state index in [1.807, 2.05) is 0 Å². The van der Waals surface area contributed by atoms with Crippen LogP contribution in [0.15, 0.2) is 5.16 Å². The predicted octanol–water partition coefficient (Wildman–Crippen LogP) is 0.456. The fourth-order valence-corrected chi connectivity index (χ4v) is 4.37. The van der Waals surface area contributed by atoms with Gasteiger partial charge in [0.15, 0.2) is 22.1 Å². The SMILES string of the molecule is CCCSc1nc(NC2CCC2)c2nnn(C3C[C@H](C(N)=O)C(O)C3O)c2n1. The van der Waals surface area contributed by atoms with Crippen LogP contribution in [0.25, 0.3) is 11.2 Å². The van der Waals surface area contributed by atoms with E-state index in [2.05, 4.69) is 32.5 Å². The Labute approximate surface area is 166 Å². The zero-order chi connectivity index (χ0) is 19.8. The van der Waals surface area contributed by atoms with Crippen LogP contribution in [0, 0.1) is 5.92 Å². The Bertz CT molecular complexity index is 872. The lowest BCUT2D eigenvalue weighted by molar-refractivity contribution is -0.125. The van der Waals surface area contributed by atoms with E-state index >= 15 is 0 Å². The van der Waals surface area contributed by atoms with Crippen molar-refractivity contribution in [3.8, 4) is 0 Å². The van der Waals surface area contributed by atoms with Gasteiger partial charge in [-0.1, -0.05) is 23.9 Å². The molecule has 0 radical (unpaired) electrons. The molecule has 0 aromatic carbocycles. The number of nitrogens with one attached hydrogen (secondary N) is 1. The predicted molar refractivity (Wildman–Crippen MR) is 104 cm³/mol. The van der Waals surface area contributed by atoms with Gasteiger partial charge in [0.05, 0.1) is 18.1 Å².